The van der Waals surface area contributed by atoms with Crippen LogP contribution in [0.3, 0.4) is 0 Å². The minimum absolute atomic E-state index is 0.0505. The van der Waals surface area contributed by atoms with Crippen LogP contribution in [-0.2, 0) is 9.47 Å². The van der Waals surface area contributed by atoms with Crippen molar-refractivity contribution >= 4 is 17.1 Å². The highest BCUT2D eigenvalue weighted by Crippen LogP contribution is 2.28. The van der Waals surface area contributed by atoms with E-state index in [1.54, 1.807) is 13.2 Å². The minimum atomic E-state index is -0.326. The van der Waals surface area contributed by atoms with E-state index in [1.165, 1.54) is 12.1 Å². The van der Waals surface area contributed by atoms with Crippen LogP contribution in [0.1, 0.15) is 13.8 Å². The van der Waals surface area contributed by atoms with E-state index in [-0.39, 0.29) is 17.5 Å². The first-order chi connectivity index (χ1) is 9.97. The number of hydrogen-bond donors (Lipinski definition) is 0. The molecule has 21 heavy (non-hydrogen) atoms. The molecule has 1 atom stereocenters. The van der Waals surface area contributed by atoms with E-state index in [1.807, 2.05) is 18.7 Å². The second kappa shape index (κ2) is 5.27. The molecule has 1 aliphatic heterocycles. The largest absolute Gasteiger partial charge is 0.423 e. The molecule has 1 fully saturated rings. The van der Waals surface area contributed by atoms with Crippen LogP contribution >= 0.6 is 0 Å². The van der Waals surface area contributed by atoms with Crippen LogP contribution in [-0.4, -0.2) is 43.5 Å². The molecule has 1 aromatic carbocycles. The maximum Gasteiger partial charge on any atom is 0.298 e. The monoisotopic (exact) mass is 294 g/mol. The normalized spacial score (nSPS) is 21.9. The quantitative estimate of drug-likeness (QED) is 0.871. The Morgan fingerprint density at radius 1 is 1.48 bits per heavy atom. The first kappa shape index (κ1) is 14.3. The zero-order valence-corrected chi connectivity index (χ0v) is 12.4. The van der Waals surface area contributed by atoms with Crippen LogP contribution in [0.2, 0.25) is 0 Å². The summed E-state index contributed by atoms with van der Waals surface area (Å²) in [5.41, 5.74) is 0.782. The Morgan fingerprint density at radius 3 is 3.05 bits per heavy atom. The van der Waals surface area contributed by atoms with E-state index in [2.05, 4.69) is 4.98 Å². The van der Waals surface area contributed by atoms with Crippen molar-refractivity contribution in [1.82, 2.24) is 4.98 Å². The van der Waals surface area contributed by atoms with Crippen molar-refractivity contribution in [2.75, 3.05) is 31.7 Å². The molecule has 6 heteroatoms. The summed E-state index contributed by atoms with van der Waals surface area (Å²) in [5, 5.41) is 0. The molecule has 0 bridgehead atoms. The number of ether oxygens (including phenoxy) is 2. The van der Waals surface area contributed by atoms with Crippen molar-refractivity contribution in [2.24, 2.45) is 0 Å². The Labute approximate surface area is 122 Å². The van der Waals surface area contributed by atoms with Crippen LogP contribution in [0.25, 0.3) is 11.1 Å². The summed E-state index contributed by atoms with van der Waals surface area (Å²) in [7, 11) is 1.65. The fourth-order valence-electron chi connectivity index (χ4n) is 2.74. The van der Waals surface area contributed by atoms with E-state index in [0.717, 1.165) is 0 Å². The Kier molecular flexibility index (Phi) is 3.59. The van der Waals surface area contributed by atoms with Gasteiger partial charge in [-0.1, -0.05) is 0 Å². The average Bonchev–Trinajstić information content (AvgIpc) is 2.80. The van der Waals surface area contributed by atoms with Crippen molar-refractivity contribution in [2.45, 2.75) is 25.6 Å². The number of oxazole rings is 1. The molecule has 0 amide bonds. The third kappa shape index (κ3) is 3.01. The van der Waals surface area contributed by atoms with E-state index in [0.29, 0.717) is 36.8 Å². The lowest BCUT2D eigenvalue weighted by Gasteiger charge is -2.41. The van der Waals surface area contributed by atoms with Crippen molar-refractivity contribution in [3.05, 3.63) is 24.0 Å². The topological polar surface area (TPSA) is 47.7 Å². The summed E-state index contributed by atoms with van der Waals surface area (Å²) in [6.45, 7) is 5.83. The standard InChI is InChI=1S/C15H19FN2O3/c1-15(2)9-18(7-11(21-15)8-19-3)14-17-12-6-10(16)4-5-13(12)20-14/h4-6,11H,7-9H2,1-3H3/t11-/m1/s1. The first-order valence-corrected chi connectivity index (χ1v) is 6.95. The summed E-state index contributed by atoms with van der Waals surface area (Å²) in [4.78, 5) is 6.40. The van der Waals surface area contributed by atoms with Gasteiger partial charge < -0.3 is 18.8 Å². The molecule has 0 aliphatic carbocycles. The number of fused-ring (bicyclic) bond motifs is 1. The number of rotatable bonds is 3. The summed E-state index contributed by atoms with van der Waals surface area (Å²) in [5.74, 6) is -0.318. The predicted molar refractivity (Wildman–Crippen MR) is 77.0 cm³/mol. The smallest absolute Gasteiger partial charge is 0.298 e. The maximum atomic E-state index is 13.2. The number of aromatic nitrogens is 1. The second-order valence-electron chi connectivity index (χ2n) is 5.94. The Morgan fingerprint density at radius 2 is 2.29 bits per heavy atom. The van der Waals surface area contributed by atoms with Gasteiger partial charge in [-0.05, 0) is 26.0 Å². The molecule has 0 unspecified atom stereocenters. The number of benzene rings is 1. The number of nitrogens with zero attached hydrogens (tertiary/aromatic N) is 2. The van der Waals surface area contributed by atoms with Crippen molar-refractivity contribution in [3.8, 4) is 0 Å². The van der Waals surface area contributed by atoms with Crippen LogP contribution in [0.15, 0.2) is 22.6 Å². The van der Waals surface area contributed by atoms with Gasteiger partial charge in [-0.3, -0.25) is 0 Å². The van der Waals surface area contributed by atoms with Gasteiger partial charge in [-0.15, -0.1) is 0 Å². The Balaban J connectivity index is 1.89. The van der Waals surface area contributed by atoms with Crippen LogP contribution in [0.5, 0.6) is 0 Å². The zero-order chi connectivity index (χ0) is 15.0. The van der Waals surface area contributed by atoms with Gasteiger partial charge in [0.1, 0.15) is 11.3 Å². The highest BCUT2D eigenvalue weighted by atomic mass is 19.1. The van der Waals surface area contributed by atoms with Gasteiger partial charge in [-0.2, -0.15) is 4.98 Å². The molecule has 0 radical (unpaired) electrons. The molecule has 2 aromatic rings. The van der Waals surface area contributed by atoms with E-state index < -0.39 is 0 Å². The zero-order valence-electron chi connectivity index (χ0n) is 12.4. The molecule has 114 valence electrons. The molecule has 3 rings (SSSR count). The fraction of sp³-hybridized carbons (Fsp3) is 0.533. The predicted octanol–water partition coefficient (Wildman–Crippen LogP) is 2.60. The molecule has 0 saturated carbocycles. The summed E-state index contributed by atoms with van der Waals surface area (Å²) in [6.07, 6.45) is -0.0505. The van der Waals surface area contributed by atoms with Crippen molar-refractivity contribution in [3.63, 3.8) is 0 Å². The lowest BCUT2D eigenvalue weighted by molar-refractivity contribution is -0.107. The molecule has 1 saturated heterocycles. The number of methoxy groups -OCH3 is 1. The average molecular weight is 294 g/mol. The lowest BCUT2D eigenvalue weighted by atomic mass is 10.1. The third-order valence-corrected chi connectivity index (χ3v) is 3.44. The SMILES string of the molecule is COC[C@H]1CN(c2nc3cc(F)ccc3o2)CC(C)(C)O1. The van der Waals surface area contributed by atoms with Gasteiger partial charge in [0.2, 0.25) is 0 Å². The van der Waals surface area contributed by atoms with Crippen molar-refractivity contribution in [1.29, 1.82) is 0 Å². The van der Waals surface area contributed by atoms with E-state index >= 15 is 0 Å². The Bertz CT molecular complexity index is 641. The van der Waals surface area contributed by atoms with Crippen LogP contribution < -0.4 is 4.90 Å². The minimum Gasteiger partial charge on any atom is -0.423 e. The summed E-state index contributed by atoms with van der Waals surface area (Å²) < 4.78 is 30.1. The van der Waals surface area contributed by atoms with Crippen LogP contribution in [0.4, 0.5) is 10.4 Å². The second-order valence-corrected chi connectivity index (χ2v) is 5.94. The number of morpholine rings is 1. The number of anilines is 1. The third-order valence-electron chi connectivity index (χ3n) is 3.44. The molecular formula is C15H19FN2O3. The van der Waals surface area contributed by atoms with Gasteiger partial charge in [0, 0.05) is 13.2 Å². The van der Waals surface area contributed by atoms with Gasteiger partial charge in [-0.25, -0.2) is 4.39 Å². The van der Waals surface area contributed by atoms with Gasteiger partial charge in [0.05, 0.1) is 31.4 Å². The number of hydrogen-bond acceptors (Lipinski definition) is 5. The van der Waals surface area contributed by atoms with Crippen LogP contribution in [0, 0.1) is 5.82 Å². The Hall–Kier alpha value is -1.66. The van der Waals surface area contributed by atoms with Crippen molar-refractivity contribution < 1.29 is 18.3 Å². The molecule has 1 aliphatic rings. The van der Waals surface area contributed by atoms with E-state index in [4.69, 9.17) is 13.9 Å². The summed E-state index contributed by atoms with van der Waals surface area (Å²) in [6, 6.07) is 4.84. The van der Waals surface area contributed by atoms with Gasteiger partial charge >= 0.3 is 0 Å². The fourth-order valence-corrected chi connectivity index (χ4v) is 2.74. The highest BCUT2D eigenvalue weighted by molar-refractivity contribution is 5.74. The lowest BCUT2D eigenvalue weighted by Crippen LogP contribution is -2.54. The summed E-state index contributed by atoms with van der Waals surface area (Å²) >= 11 is 0. The molecule has 5 nitrogen and oxygen atoms in total. The highest BCUT2D eigenvalue weighted by Gasteiger charge is 2.35. The van der Waals surface area contributed by atoms with E-state index in [9.17, 15) is 4.39 Å². The first-order valence-electron chi connectivity index (χ1n) is 6.95. The molecule has 0 N–H and O–H groups in total. The van der Waals surface area contributed by atoms with Gasteiger partial charge in [0.25, 0.3) is 6.01 Å². The van der Waals surface area contributed by atoms with Gasteiger partial charge in [0.15, 0.2) is 5.58 Å². The molecule has 0 spiro atoms. The molecule has 1 aromatic heterocycles. The molecule has 2 heterocycles. The number of halogens is 1. The maximum absolute atomic E-state index is 13.2. The molecular weight excluding hydrogens is 275 g/mol.